The van der Waals surface area contributed by atoms with E-state index in [1.54, 1.807) is 18.2 Å². The number of benzene rings is 1. The van der Waals surface area contributed by atoms with E-state index in [2.05, 4.69) is 5.32 Å². The van der Waals surface area contributed by atoms with Gasteiger partial charge in [0, 0.05) is 19.0 Å². The molecule has 2 atom stereocenters. The standard InChI is InChI=1S/C14H19Cl2NO4.ClH/c15-11-2-1-9(5-12(11)16)10-6-17-3-4-21-13(10)14(20,7-18)8-19;/h1-2,5,10,13,17-20H,3-4,6-8H2;1H/t10-,13+;/m1./s1. The molecule has 1 aromatic rings. The Morgan fingerprint density at radius 3 is 2.50 bits per heavy atom. The lowest BCUT2D eigenvalue weighted by Gasteiger charge is -2.37. The molecule has 1 aromatic carbocycles. The molecule has 126 valence electrons. The summed E-state index contributed by atoms with van der Waals surface area (Å²) in [7, 11) is 0. The van der Waals surface area contributed by atoms with Gasteiger partial charge in [-0.2, -0.15) is 0 Å². The first kappa shape index (κ1) is 19.9. The second kappa shape index (κ2) is 8.66. The molecule has 0 saturated carbocycles. The molecule has 0 amide bonds. The van der Waals surface area contributed by atoms with Crippen molar-refractivity contribution in [1.82, 2.24) is 5.32 Å². The first-order valence-electron chi connectivity index (χ1n) is 6.73. The highest BCUT2D eigenvalue weighted by Crippen LogP contribution is 2.33. The van der Waals surface area contributed by atoms with Crippen molar-refractivity contribution in [3.8, 4) is 0 Å². The molecule has 5 nitrogen and oxygen atoms in total. The molecular formula is C14H20Cl3NO4. The van der Waals surface area contributed by atoms with Crippen molar-refractivity contribution >= 4 is 35.6 Å². The average molecular weight is 373 g/mol. The maximum Gasteiger partial charge on any atom is 0.137 e. The van der Waals surface area contributed by atoms with Gasteiger partial charge in [-0.1, -0.05) is 29.3 Å². The predicted molar refractivity (Wildman–Crippen MR) is 88.2 cm³/mol. The largest absolute Gasteiger partial charge is 0.393 e. The van der Waals surface area contributed by atoms with E-state index in [0.29, 0.717) is 29.7 Å². The molecule has 1 saturated heterocycles. The Kier molecular flexibility index (Phi) is 7.85. The first-order chi connectivity index (χ1) is 10.0. The fraction of sp³-hybridized carbons (Fsp3) is 0.571. The average Bonchev–Trinajstić information content (AvgIpc) is 2.75. The SMILES string of the molecule is Cl.OCC(O)(CO)[C@H]1OCCNC[C@@H]1c1ccc(Cl)c(Cl)c1. The fourth-order valence-corrected chi connectivity index (χ4v) is 2.84. The predicted octanol–water partition coefficient (Wildman–Crippen LogP) is 1.20. The quantitative estimate of drug-likeness (QED) is 0.638. The van der Waals surface area contributed by atoms with Gasteiger partial charge in [-0.05, 0) is 17.7 Å². The van der Waals surface area contributed by atoms with E-state index < -0.39 is 24.9 Å². The van der Waals surface area contributed by atoms with Crippen LogP contribution in [0.25, 0.3) is 0 Å². The summed E-state index contributed by atoms with van der Waals surface area (Å²) in [6.07, 6.45) is -0.750. The summed E-state index contributed by atoms with van der Waals surface area (Å²) in [5, 5.41) is 33.4. The highest BCUT2D eigenvalue weighted by Gasteiger charge is 2.43. The summed E-state index contributed by atoms with van der Waals surface area (Å²) in [5.41, 5.74) is -0.896. The van der Waals surface area contributed by atoms with Gasteiger partial charge in [-0.25, -0.2) is 0 Å². The summed E-state index contributed by atoms with van der Waals surface area (Å²) in [5.74, 6) is -0.272. The number of halogens is 3. The molecule has 0 bridgehead atoms. The summed E-state index contributed by atoms with van der Waals surface area (Å²) >= 11 is 12.0. The maximum atomic E-state index is 10.4. The van der Waals surface area contributed by atoms with Gasteiger partial charge < -0.3 is 25.4 Å². The third-order valence-corrected chi connectivity index (χ3v) is 4.49. The molecule has 0 aliphatic carbocycles. The van der Waals surface area contributed by atoms with Gasteiger partial charge in [-0.15, -0.1) is 12.4 Å². The highest BCUT2D eigenvalue weighted by molar-refractivity contribution is 6.42. The normalized spacial score (nSPS) is 22.8. The molecule has 0 spiro atoms. The lowest BCUT2D eigenvalue weighted by Crippen LogP contribution is -2.53. The fourth-order valence-electron chi connectivity index (χ4n) is 2.53. The Bertz CT molecular complexity index is 485. The van der Waals surface area contributed by atoms with E-state index in [1.807, 2.05) is 0 Å². The van der Waals surface area contributed by atoms with Gasteiger partial charge in [0.15, 0.2) is 0 Å². The number of aliphatic hydroxyl groups excluding tert-OH is 2. The van der Waals surface area contributed by atoms with E-state index in [9.17, 15) is 15.3 Å². The molecule has 1 heterocycles. The van der Waals surface area contributed by atoms with E-state index in [4.69, 9.17) is 27.9 Å². The third kappa shape index (κ3) is 4.24. The van der Waals surface area contributed by atoms with Crippen LogP contribution in [0.2, 0.25) is 10.0 Å². The van der Waals surface area contributed by atoms with Crippen LogP contribution >= 0.6 is 35.6 Å². The van der Waals surface area contributed by atoms with E-state index >= 15 is 0 Å². The smallest absolute Gasteiger partial charge is 0.137 e. The number of nitrogens with one attached hydrogen (secondary N) is 1. The van der Waals surface area contributed by atoms with Crippen LogP contribution in [0.5, 0.6) is 0 Å². The van der Waals surface area contributed by atoms with E-state index in [1.165, 1.54) is 0 Å². The monoisotopic (exact) mass is 371 g/mol. The minimum atomic E-state index is -1.72. The molecular weight excluding hydrogens is 353 g/mol. The van der Waals surface area contributed by atoms with Crippen LogP contribution in [0.3, 0.4) is 0 Å². The number of rotatable bonds is 4. The van der Waals surface area contributed by atoms with Gasteiger partial charge in [-0.3, -0.25) is 0 Å². The molecule has 1 fully saturated rings. The minimum absolute atomic E-state index is 0. The van der Waals surface area contributed by atoms with Gasteiger partial charge in [0.1, 0.15) is 5.60 Å². The summed E-state index contributed by atoms with van der Waals surface area (Å²) in [4.78, 5) is 0. The summed E-state index contributed by atoms with van der Waals surface area (Å²) < 4.78 is 5.68. The summed E-state index contributed by atoms with van der Waals surface area (Å²) in [6, 6.07) is 5.20. The van der Waals surface area contributed by atoms with Crippen molar-refractivity contribution in [1.29, 1.82) is 0 Å². The topological polar surface area (TPSA) is 82.0 Å². The molecule has 4 N–H and O–H groups in total. The second-order valence-corrected chi connectivity index (χ2v) is 6.01. The minimum Gasteiger partial charge on any atom is -0.393 e. The highest BCUT2D eigenvalue weighted by atomic mass is 35.5. The molecule has 22 heavy (non-hydrogen) atoms. The van der Waals surface area contributed by atoms with Crippen LogP contribution in [-0.4, -0.2) is 59.9 Å². The van der Waals surface area contributed by atoms with Crippen molar-refractivity contribution in [2.45, 2.75) is 17.6 Å². The van der Waals surface area contributed by atoms with Crippen LogP contribution in [0.15, 0.2) is 18.2 Å². The second-order valence-electron chi connectivity index (χ2n) is 5.20. The van der Waals surface area contributed by atoms with Gasteiger partial charge >= 0.3 is 0 Å². The van der Waals surface area contributed by atoms with Crippen LogP contribution in [0, 0.1) is 0 Å². The number of hydrogen-bond donors (Lipinski definition) is 4. The Balaban J connectivity index is 0.00000242. The molecule has 0 radical (unpaired) electrons. The van der Waals surface area contributed by atoms with Crippen LogP contribution in [-0.2, 0) is 4.74 Å². The van der Waals surface area contributed by atoms with Crippen LogP contribution in [0.1, 0.15) is 11.5 Å². The Morgan fingerprint density at radius 1 is 1.23 bits per heavy atom. The molecule has 0 unspecified atom stereocenters. The molecule has 2 rings (SSSR count). The molecule has 0 aromatic heterocycles. The van der Waals surface area contributed by atoms with E-state index in [-0.39, 0.29) is 18.3 Å². The first-order valence-corrected chi connectivity index (χ1v) is 7.49. The lowest BCUT2D eigenvalue weighted by molar-refractivity contribution is -0.156. The molecule has 8 heteroatoms. The van der Waals surface area contributed by atoms with Crippen molar-refractivity contribution in [2.24, 2.45) is 0 Å². The van der Waals surface area contributed by atoms with Crippen molar-refractivity contribution in [3.05, 3.63) is 33.8 Å². The number of ether oxygens (including phenoxy) is 1. The Labute approximate surface area is 145 Å². The van der Waals surface area contributed by atoms with Crippen LogP contribution < -0.4 is 5.32 Å². The Morgan fingerprint density at radius 2 is 1.91 bits per heavy atom. The van der Waals surface area contributed by atoms with Gasteiger partial charge in [0.05, 0.1) is 36.0 Å². The molecule has 1 aliphatic heterocycles. The summed E-state index contributed by atoms with van der Waals surface area (Å²) in [6.45, 7) is 0.356. The number of hydrogen-bond acceptors (Lipinski definition) is 5. The number of aliphatic hydroxyl groups is 3. The lowest BCUT2D eigenvalue weighted by atomic mass is 9.83. The van der Waals surface area contributed by atoms with Crippen molar-refractivity contribution in [2.75, 3.05) is 32.9 Å². The third-order valence-electron chi connectivity index (χ3n) is 3.75. The van der Waals surface area contributed by atoms with Crippen molar-refractivity contribution in [3.63, 3.8) is 0 Å². The van der Waals surface area contributed by atoms with E-state index in [0.717, 1.165) is 5.56 Å². The van der Waals surface area contributed by atoms with Gasteiger partial charge in [0.25, 0.3) is 0 Å². The maximum absolute atomic E-state index is 10.4. The van der Waals surface area contributed by atoms with Crippen LogP contribution in [0.4, 0.5) is 0 Å². The zero-order chi connectivity index (χ0) is 15.5. The zero-order valence-electron chi connectivity index (χ0n) is 11.8. The van der Waals surface area contributed by atoms with Crippen molar-refractivity contribution < 1.29 is 20.1 Å². The van der Waals surface area contributed by atoms with Gasteiger partial charge in [0.2, 0.25) is 0 Å². The Hall–Kier alpha value is -0.110. The zero-order valence-corrected chi connectivity index (χ0v) is 14.2. The molecule has 1 aliphatic rings.